The second kappa shape index (κ2) is 6.05. The quantitative estimate of drug-likeness (QED) is 0.730. The maximum absolute atomic E-state index is 12.4. The summed E-state index contributed by atoms with van der Waals surface area (Å²) in [6.07, 6.45) is 4.20. The van der Waals surface area contributed by atoms with Crippen LogP contribution >= 0.6 is 0 Å². The molecule has 21 heavy (non-hydrogen) atoms. The van der Waals surface area contributed by atoms with Crippen LogP contribution in [0.5, 0.6) is 0 Å². The number of ether oxygens (including phenoxy) is 3. The lowest BCUT2D eigenvalue weighted by atomic mass is 9.84. The lowest BCUT2D eigenvalue weighted by molar-refractivity contribution is -0.288. The number of hydrogen-bond donors (Lipinski definition) is 0. The number of carbonyl (C=O) groups is 2. The summed E-state index contributed by atoms with van der Waals surface area (Å²) in [6.45, 7) is 3.56. The Morgan fingerprint density at radius 2 is 2.10 bits per heavy atom. The summed E-state index contributed by atoms with van der Waals surface area (Å²) in [7, 11) is 0. The van der Waals surface area contributed by atoms with Gasteiger partial charge in [-0.25, -0.2) is 0 Å². The fourth-order valence-electron chi connectivity index (χ4n) is 4.13. The van der Waals surface area contributed by atoms with Gasteiger partial charge in [-0.15, -0.1) is 0 Å². The van der Waals surface area contributed by atoms with Crippen molar-refractivity contribution < 1.29 is 23.8 Å². The van der Waals surface area contributed by atoms with Crippen LogP contribution in [0.2, 0.25) is 0 Å². The minimum absolute atomic E-state index is 0.00204. The highest BCUT2D eigenvalue weighted by Gasteiger charge is 2.55. The fourth-order valence-corrected chi connectivity index (χ4v) is 4.13. The molecule has 1 aliphatic heterocycles. The first kappa shape index (κ1) is 15.0. The van der Waals surface area contributed by atoms with Gasteiger partial charge in [0.25, 0.3) is 0 Å². The van der Waals surface area contributed by atoms with Crippen molar-refractivity contribution in [3.63, 3.8) is 0 Å². The highest BCUT2D eigenvalue weighted by molar-refractivity contribution is 5.83. The Morgan fingerprint density at radius 3 is 2.81 bits per heavy atom. The molecule has 3 fully saturated rings. The van der Waals surface area contributed by atoms with Crippen molar-refractivity contribution in [3.8, 4) is 0 Å². The molecule has 3 atom stereocenters. The first-order chi connectivity index (χ1) is 10.2. The summed E-state index contributed by atoms with van der Waals surface area (Å²) in [4.78, 5) is 24.5. The van der Waals surface area contributed by atoms with Crippen molar-refractivity contribution >= 4 is 11.8 Å². The molecule has 3 unspecified atom stereocenters. The molecular weight excluding hydrogens is 272 g/mol. The lowest BCUT2D eigenvalue weighted by Gasteiger charge is -2.40. The number of fused-ring (bicyclic) bond motifs is 2. The lowest BCUT2D eigenvalue weighted by Crippen LogP contribution is -2.46. The molecule has 0 aromatic heterocycles. The first-order valence-corrected chi connectivity index (χ1v) is 8.13. The van der Waals surface area contributed by atoms with Crippen LogP contribution in [-0.4, -0.2) is 37.4 Å². The summed E-state index contributed by atoms with van der Waals surface area (Å²) < 4.78 is 17.1. The summed E-state index contributed by atoms with van der Waals surface area (Å²) >= 11 is 0. The van der Waals surface area contributed by atoms with Gasteiger partial charge in [0.2, 0.25) is 0 Å². The van der Waals surface area contributed by atoms with Crippen LogP contribution in [0.1, 0.15) is 45.4 Å². The number of Topliss-reactive ketones (excluding diaryl/α,β-unsaturated/α-hetero) is 1. The normalized spacial score (nSPS) is 35.3. The summed E-state index contributed by atoms with van der Waals surface area (Å²) in [6, 6.07) is 0. The van der Waals surface area contributed by atoms with Crippen LogP contribution in [0.3, 0.4) is 0 Å². The zero-order valence-electron chi connectivity index (χ0n) is 12.6. The third-order valence-electron chi connectivity index (χ3n) is 5.15. The van der Waals surface area contributed by atoms with Crippen LogP contribution < -0.4 is 0 Å². The second-order valence-corrected chi connectivity index (χ2v) is 6.30. The SMILES string of the molecule is CCOC(=O)C1CCC(=O)C2CCC3(OCCCO3)C2C1. The molecule has 0 aromatic rings. The Hall–Kier alpha value is -0.940. The second-order valence-electron chi connectivity index (χ2n) is 6.30. The van der Waals surface area contributed by atoms with Crippen LogP contribution in [-0.2, 0) is 23.8 Å². The zero-order valence-corrected chi connectivity index (χ0v) is 12.6. The average molecular weight is 296 g/mol. The van der Waals surface area contributed by atoms with Gasteiger partial charge >= 0.3 is 5.97 Å². The predicted octanol–water partition coefficient (Wildman–Crippen LogP) is 2.08. The molecule has 1 heterocycles. The zero-order chi connectivity index (χ0) is 14.9. The van der Waals surface area contributed by atoms with Gasteiger partial charge < -0.3 is 14.2 Å². The van der Waals surface area contributed by atoms with Gasteiger partial charge in [-0.2, -0.15) is 0 Å². The molecule has 2 saturated carbocycles. The predicted molar refractivity (Wildman–Crippen MR) is 74.4 cm³/mol. The summed E-state index contributed by atoms with van der Waals surface area (Å²) in [5.74, 6) is -0.754. The smallest absolute Gasteiger partial charge is 0.308 e. The van der Waals surface area contributed by atoms with E-state index in [9.17, 15) is 9.59 Å². The third-order valence-corrected chi connectivity index (χ3v) is 5.15. The molecule has 0 aromatic carbocycles. The van der Waals surface area contributed by atoms with Gasteiger partial charge in [0.05, 0.1) is 25.7 Å². The van der Waals surface area contributed by atoms with Gasteiger partial charge in [0, 0.05) is 24.7 Å². The minimum Gasteiger partial charge on any atom is -0.466 e. The molecule has 0 bridgehead atoms. The van der Waals surface area contributed by atoms with Crippen molar-refractivity contribution in [2.24, 2.45) is 17.8 Å². The largest absolute Gasteiger partial charge is 0.466 e. The topological polar surface area (TPSA) is 61.8 Å². The van der Waals surface area contributed by atoms with Gasteiger partial charge in [-0.1, -0.05) is 0 Å². The van der Waals surface area contributed by atoms with Crippen molar-refractivity contribution in [2.45, 2.75) is 51.2 Å². The molecule has 2 aliphatic carbocycles. The molecule has 3 rings (SSSR count). The molecule has 1 saturated heterocycles. The fraction of sp³-hybridized carbons (Fsp3) is 0.875. The Kier molecular flexibility index (Phi) is 4.31. The molecule has 0 N–H and O–H groups in total. The molecule has 0 amide bonds. The van der Waals surface area contributed by atoms with Crippen molar-refractivity contribution in [3.05, 3.63) is 0 Å². The van der Waals surface area contributed by atoms with Crippen molar-refractivity contribution in [2.75, 3.05) is 19.8 Å². The molecule has 1 spiro atoms. The van der Waals surface area contributed by atoms with E-state index in [1.54, 1.807) is 0 Å². The minimum atomic E-state index is -0.631. The van der Waals surface area contributed by atoms with E-state index in [0.29, 0.717) is 39.1 Å². The van der Waals surface area contributed by atoms with E-state index in [1.165, 1.54) is 0 Å². The van der Waals surface area contributed by atoms with Gasteiger partial charge in [-0.3, -0.25) is 9.59 Å². The maximum Gasteiger partial charge on any atom is 0.308 e. The Morgan fingerprint density at radius 1 is 1.33 bits per heavy atom. The molecule has 5 nitrogen and oxygen atoms in total. The van der Waals surface area contributed by atoms with Crippen LogP contribution in [0.15, 0.2) is 0 Å². The van der Waals surface area contributed by atoms with Gasteiger partial charge in [0.1, 0.15) is 5.78 Å². The van der Waals surface area contributed by atoms with Crippen LogP contribution in [0.4, 0.5) is 0 Å². The number of esters is 1. The van der Waals surface area contributed by atoms with Crippen molar-refractivity contribution in [1.82, 2.24) is 0 Å². The van der Waals surface area contributed by atoms with E-state index in [-0.39, 0.29) is 29.5 Å². The summed E-state index contributed by atoms with van der Waals surface area (Å²) in [5, 5.41) is 0. The highest BCUT2D eigenvalue weighted by atomic mass is 16.7. The number of ketones is 1. The van der Waals surface area contributed by atoms with Gasteiger partial charge in [-0.05, 0) is 32.6 Å². The molecule has 3 aliphatic rings. The van der Waals surface area contributed by atoms with E-state index in [1.807, 2.05) is 6.92 Å². The molecule has 5 heteroatoms. The average Bonchev–Trinajstić information content (AvgIpc) is 2.71. The highest BCUT2D eigenvalue weighted by Crippen LogP contribution is 2.50. The Bertz CT molecular complexity index is 413. The number of carbonyl (C=O) groups excluding carboxylic acids is 2. The molecular formula is C16H24O5. The molecule has 118 valence electrons. The molecule has 0 radical (unpaired) electrons. The maximum atomic E-state index is 12.4. The first-order valence-electron chi connectivity index (χ1n) is 8.13. The summed E-state index contributed by atoms with van der Waals surface area (Å²) in [5.41, 5.74) is 0. The van der Waals surface area contributed by atoms with Crippen LogP contribution in [0.25, 0.3) is 0 Å². The van der Waals surface area contributed by atoms with E-state index in [2.05, 4.69) is 0 Å². The Labute approximate surface area is 125 Å². The van der Waals surface area contributed by atoms with E-state index >= 15 is 0 Å². The number of rotatable bonds is 2. The van der Waals surface area contributed by atoms with E-state index < -0.39 is 5.79 Å². The van der Waals surface area contributed by atoms with Crippen LogP contribution in [0, 0.1) is 17.8 Å². The number of hydrogen-bond acceptors (Lipinski definition) is 5. The van der Waals surface area contributed by atoms with Crippen molar-refractivity contribution in [1.29, 1.82) is 0 Å². The Balaban J connectivity index is 1.81. The standard InChI is InChI=1S/C16H24O5/c1-2-19-15(18)11-4-5-14(17)12-6-7-16(13(12)10-11)20-8-3-9-21-16/h11-13H,2-10H2,1H3. The van der Waals surface area contributed by atoms with Gasteiger partial charge in [0.15, 0.2) is 5.79 Å². The monoisotopic (exact) mass is 296 g/mol. The van der Waals surface area contributed by atoms with E-state index in [0.717, 1.165) is 19.3 Å². The van der Waals surface area contributed by atoms with E-state index in [4.69, 9.17) is 14.2 Å². The third kappa shape index (κ3) is 2.73.